The first-order chi connectivity index (χ1) is 6.86. The minimum atomic E-state index is -4.54. The molecule has 0 amide bonds. The smallest absolute Gasteiger partial charge is 0.205 e. The molecule has 0 saturated heterocycles. The van der Waals surface area contributed by atoms with E-state index in [0.717, 1.165) is 0 Å². The maximum absolute atomic E-state index is 13.2. The number of benzene rings is 1. The van der Waals surface area contributed by atoms with Crippen molar-refractivity contribution in [3.05, 3.63) is 33.5 Å². The molecule has 0 fully saturated rings. The second-order valence-corrected chi connectivity index (χ2v) is 3.62. The van der Waals surface area contributed by atoms with Crippen molar-refractivity contribution in [3.8, 4) is 6.07 Å². The highest BCUT2D eigenvalue weighted by atomic mass is 79.9. The molecule has 0 N–H and O–H groups in total. The van der Waals surface area contributed by atoms with E-state index in [-0.39, 0.29) is 10.0 Å². The van der Waals surface area contributed by atoms with Crippen molar-refractivity contribution in [2.75, 3.05) is 0 Å². The second kappa shape index (κ2) is 4.19. The third-order valence-electron chi connectivity index (χ3n) is 1.70. The van der Waals surface area contributed by atoms with E-state index >= 15 is 0 Å². The third kappa shape index (κ3) is 2.69. The molecule has 1 aromatic rings. The van der Waals surface area contributed by atoms with Crippen molar-refractivity contribution < 1.29 is 17.6 Å². The van der Waals surface area contributed by atoms with Gasteiger partial charge in [-0.15, -0.1) is 0 Å². The van der Waals surface area contributed by atoms with E-state index in [0.29, 0.717) is 12.1 Å². The van der Waals surface area contributed by atoms with Gasteiger partial charge in [0.05, 0.1) is 22.5 Å². The molecular formula is C9H4BrF4N. The van der Waals surface area contributed by atoms with Crippen LogP contribution in [0.5, 0.6) is 0 Å². The predicted octanol–water partition coefficient (Wildman–Crippen LogP) is 3.67. The summed E-state index contributed by atoms with van der Waals surface area (Å²) in [6.45, 7) is 0. The van der Waals surface area contributed by atoms with Gasteiger partial charge in [-0.3, -0.25) is 0 Å². The molecule has 15 heavy (non-hydrogen) atoms. The Morgan fingerprint density at radius 2 is 1.93 bits per heavy atom. The summed E-state index contributed by atoms with van der Waals surface area (Å²) in [5.41, 5.74) is -1.24. The standard InChI is InChI=1S/C9H4BrF4N/c10-7-4-6(9(12,13)14)3-5(1-2-15)8(7)11/h3-4H,1H2. The molecular weight excluding hydrogens is 278 g/mol. The van der Waals surface area contributed by atoms with Crippen molar-refractivity contribution >= 4 is 15.9 Å². The highest BCUT2D eigenvalue weighted by Gasteiger charge is 2.32. The van der Waals surface area contributed by atoms with Crippen LogP contribution in [0.2, 0.25) is 0 Å². The van der Waals surface area contributed by atoms with E-state index in [4.69, 9.17) is 5.26 Å². The Kier molecular flexibility index (Phi) is 3.35. The molecule has 0 heterocycles. The van der Waals surface area contributed by atoms with Crippen molar-refractivity contribution in [1.82, 2.24) is 0 Å². The fraction of sp³-hybridized carbons (Fsp3) is 0.222. The number of hydrogen-bond acceptors (Lipinski definition) is 1. The van der Waals surface area contributed by atoms with Crippen LogP contribution in [0.3, 0.4) is 0 Å². The van der Waals surface area contributed by atoms with Gasteiger partial charge in [0.25, 0.3) is 0 Å². The van der Waals surface area contributed by atoms with Gasteiger partial charge in [-0.1, -0.05) is 0 Å². The lowest BCUT2D eigenvalue weighted by molar-refractivity contribution is -0.137. The first-order valence-corrected chi connectivity index (χ1v) is 4.57. The monoisotopic (exact) mass is 281 g/mol. The normalized spacial score (nSPS) is 11.2. The number of nitriles is 1. The maximum Gasteiger partial charge on any atom is 0.416 e. The zero-order valence-corrected chi connectivity index (χ0v) is 8.78. The summed E-state index contributed by atoms with van der Waals surface area (Å²) in [6, 6.07) is 2.89. The zero-order valence-electron chi connectivity index (χ0n) is 7.20. The molecule has 6 heteroatoms. The molecule has 80 valence electrons. The molecule has 0 radical (unpaired) electrons. The average Bonchev–Trinajstić information content (AvgIpc) is 2.11. The van der Waals surface area contributed by atoms with Crippen LogP contribution in [-0.2, 0) is 12.6 Å². The van der Waals surface area contributed by atoms with Gasteiger partial charge in [0.1, 0.15) is 5.82 Å². The number of alkyl halides is 3. The van der Waals surface area contributed by atoms with Crippen molar-refractivity contribution in [2.45, 2.75) is 12.6 Å². The van der Waals surface area contributed by atoms with Gasteiger partial charge in [0, 0.05) is 5.56 Å². The Balaban J connectivity index is 3.31. The van der Waals surface area contributed by atoms with E-state index in [1.54, 1.807) is 6.07 Å². The Morgan fingerprint density at radius 1 is 1.33 bits per heavy atom. The van der Waals surface area contributed by atoms with Crippen LogP contribution >= 0.6 is 15.9 Å². The summed E-state index contributed by atoms with van der Waals surface area (Å²) >= 11 is 2.67. The summed E-state index contributed by atoms with van der Waals surface area (Å²) in [6.07, 6.45) is -4.94. The van der Waals surface area contributed by atoms with Gasteiger partial charge in [-0.25, -0.2) is 4.39 Å². The van der Waals surface area contributed by atoms with Crippen LogP contribution in [0, 0.1) is 17.1 Å². The quantitative estimate of drug-likeness (QED) is 0.721. The highest BCUT2D eigenvalue weighted by Crippen LogP contribution is 2.33. The zero-order chi connectivity index (χ0) is 11.6. The summed E-state index contributed by atoms with van der Waals surface area (Å²) in [7, 11) is 0. The van der Waals surface area contributed by atoms with Crippen molar-refractivity contribution in [2.24, 2.45) is 0 Å². The molecule has 0 aromatic heterocycles. The number of rotatable bonds is 1. The topological polar surface area (TPSA) is 23.8 Å². The lowest BCUT2D eigenvalue weighted by Crippen LogP contribution is -2.07. The molecule has 0 atom stereocenters. The molecule has 0 aliphatic carbocycles. The van der Waals surface area contributed by atoms with E-state index in [1.807, 2.05) is 0 Å². The summed E-state index contributed by atoms with van der Waals surface area (Å²) < 4.78 is 49.8. The average molecular weight is 282 g/mol. The van der Waals surface area contributed by atoms with E-state index in [1.165, 1.54) is 0 Å². The van der Waals surface area contributed by atoms with Crippen molar-refractivity contribution in [3.63, 3.8) is 0 Å². The van der Waals surface area contributed by atoms with E-state index < -0.39 is 24.0 Å². The van der Waals surface area contributed by atoms with Crippen LogP contribution < -0.4 is 0 Å². The van der Waals surface area contributed by atoms with Gasteiger partial charge < -0.3 is 0 Å². The predicted molar refractivity (Wildman–Crippen MR) is 48.4 cm³/mol. The lowest BCUT2D eigenvalue weighted by atomic mass is 10.1. The van der Waals surface area contributed by atoms with Crippen LogP contribution in [-0.4, -0.2) is 0 Å². The largest absolute Gasteiger partial charge is 0.416 e. The molecule has 0 saturated carbocycles. The van der Waals surface area contributed by atoms with Gasteiger partial charge >= 0.3 is 6.18 Å². The fourth-order valence-electron chi connectivity index (χ4n) is 1.02. The third-order valence-corrected chi connectivity index (χ3v) is 2.28. The Bertz CT molecular complexity index is 419. The van der Waals surface area contributed by atoms with Gasteiger partial charge in [0.15, 0.2) is 0 Å². The highest BCUT2D eigenvalue weighted by molar-refractivity contribution is 9.10. The molecule has 0 unspecified atom stereocenters. The lowest BCUT2D eigenvalue weighted by Gasteiger charge is -2.09. The van der Waals surface area contributed by atoms with Crippen molar-refractivity contribution in [1.29, 1.82) is 5.26 Å². The molecule has 1 rings (SSSR count). The van der Waals surface area contributed by atoms with Crippen LogP contribution in [0.25, 0.3) is 0 Å². The Hall–Kier alpha value is -1.09. The summed E-state index contributed by atoms with van der Waals surface area (Å²) in [4.78, 5) is 0. The number of hydrogen-bond donors (Lipinski definition) is 0. The van der Waals surface area contributed by atoms with Gasteiger partial charge in [-0.2, -0.15) is 18.4 Å². The molecule has 0 bridgehead atoms. The molecule has 0 aliphatic heterocycles. The number of halogens is 5. The minimum absolute atomic E-state index is 0.265. The SMILES string of the molecule is N#CCc1cc(C(F)(F)F)cc(Br)c1F. The second-order valence-electron chi connectivity index (χ2n) is 2.76. The molecule has 0 aliphatic rings. The fourth-order valence-corrected chi connectivity index (χ4v) is 1.52. The van der Waals surface area contributed by atoms with E-state index in [2.05, 4.69) is 15.9 Å². The first-order valence-electron chi connectivity index (χ1n) is 3.78. The van der Waals surface area contributed by atoms with E-state index in [9.17, 15) is 17.6 Å². The molecule has 1 aromatic carbocycles. The minimum Gasteiger partial charge on any atom is -0.205 e. The van der Waals surface area contributed by atoms with Gasteiger partial charge in [0.2, 0.25) is 0 Å². The molecule has 1 nitrogen and oxygen atoms in total. The molecule has 0 spiro atoms. The van der Waals surface area contributed by atoms with Crippen LogP contribution in [0.4, 0.5) is 17.6 Å². The first kappa shape index (κ1) is 12.0. The summed E-state index contributed by atoms with van der Waals surface area (Å²) in [5.74, 6) is -0.829. The van der Waals surface area contributed by atoms with Crippen LogP contribution in [0.15, 0.2) is 16.6 Å². The Morgan fingerprint density at radius 3 is 2.40 bits per heavy atom. The number of nitrogens with zero attached hydrogens (tertiary/aromatic N) is 1. The maximum atomic E-state index is 13.2. The summed E-state index contributed by atoms with van der Waals surface area (Å²) in [5, 5.41) is 8.32. The Labute approximate surface area is 91.4 Å². The van der Waals surface area contributed by atoms with Gasteiger partial charge in [-0.05, 0) is 28.1 Å². The van der Waals surface area contributed by atoms with Crippen LogP contribution in [0.1, 0.15) is 11.1 Å².